The summed E-state index contributed by atoms with van der Waals surface area (Å²) < 4.78 is 0. The van der Waals surface area contributed by atoms with Crippen LogP contribution in [0.2, 0.25) is 0 Å². The van der Waals surface area contributed by atoms with E-state index in [1.807, 2.05) is 6.07 Å². The average molecular weight is 272 g/mol. The summed E-state index contributed by atoms with van der Waals surface area (Å²) in [7, 11) is 0. The first-order valence-corrected chi connectivity index (χ1v) is 7.25. The Hall–Kier alpha value is -1.31. The second kappa shape index (κ2) is 5.77. The molecule has 98 valence electrons. The Bertz CT molecular complexity index is 538. The van der Waals surface area contributed by atoms with Crippen LogP contribution in [0.1, 0.15) is 22.1 Å². The van der Waals surface area contributed by atoms with Crippen LogP contribution in [0.3, 0.4) is 0 Å². The van der Waals surface area contributed by atoms with E-state index in [-0.39, 0.29) is 5.38 Å². The standard InChI is InChI=1S/C17H18ClN/c18-17(15-7-2-1-3-8-15)13-19-11-10-14-6-4-5-9-16(14)12-19/h1-9,17H,10-13H2. The minimum absolute atomic E-state index is 0.0754. The Morgan fingerprint density at radius 3 is 2.42 bits per heavy atom. The normalized spacial score (nSPS) is 16.9. The van der Waals surface area contributed by atoms with Gasteiger partial charge in [-0.3, -0.25) is 4.90 Å². The molecule has 1 aliphatic rings. The molecule has 19 heavy (non-hydrogen) atoms. The second-order valence-corrected chi connectivity index (χ2v) is 5.66. The lowest BCUT2D eigenvalue weighted by Crippen LogP contribution is -2.32. The van der Waals surface area contributed by atoms with Gasteiger partial charge in [-0.05, 0) is 23.1 Å². The molecule has 1 unspecified atom stereocenters. The van der Waals surface area contributed by atoms with Crippen molar-refractivity contribution in [3.63, 3.8) is 0 Å². The average Bonchev–Trinajstić information content (AvgIpc) is 2.48. The van der Waals surface area contributed by atoms with E-state index in [0.717, 1.165) is 26.1 Å². The van der Waals surface area contributed by atoms with Crippen molar-refractivity contribution in [1.82, 2.24) is 4.90 Å². The highest BCUT2D eigenvalue weighted by atomic mass is 35.5. The highest BCUT2D eigenvalue weighted by Crippen LogP contribution is 2.25. The molecule has 1 aliphatic heterocycles. The zero-order valence-electron chi connectivity index (χ0n) is 10.9. The van der Waals surface area contributed by atoms with E-state index >= 15 is 0 Å². The van der Waals surface area contributed by atoms with Gasteiger partial charge in [0, 0.05) is 19.6 Å². The van der Waals surface area contributed by atoms with E-state index in [1.165, 1.54) is 16.7 Å². The highest BCUT2D eigenvalue weighted by Gasteiger charge is 2.18. The summed E-state index contributed by atoms with van der Waals surface area (Å²) in [6.07, 6.45) is 1.13. The lowest BCUT2D eigenvalue weighted by Gasteiger charge is -2.30. The number of fused-ring (bicyclic) bond motifs is 1. The van der Waals surface area contributed by atoms with Gasteiger partial charge < -0.3 is 0 Å². The third kappa shape index (κ3) is 2.99. The van der Waals surface area contributed by atoms with Crippen LogP contribution < -0.4 is 0 Å². The lowest BCUT2D eigenvalue weighted by molar-refractivity contribution is 0.254. The fourth-order valence-electron chi connectivity index (χ4n) is 2.70. The minimum Gasteiger partial charge on any atom is -0.297 e. The zero-order valence-corrected chi connectivity index (χ0v) is 11.7. The van der Waals surface area contributed by atoms with Crippen molar-refractivity contribution >= 4 is 11.6 Å². The summed E-state index contributed by atoms with van der Waals surface area (Å²) in [6.45, 7) is 3.04. The van der Waals surface area contributed by atoms with Crippen molar-refractivity contribution in [1.29, 1.82) is 0 Å². The number of benzene rings is 2. The van der Waals surface area contributed by atoms with Crippen molar-refractivity contribution in [2.45, 2.75) is 18.3 Å². The predicted octanol–water partition coefficient (Wildman–Crippen LogP) is 4.02. The van der Waals surface area contributed by atoms with E-state index in [2.05, 4.69) is 53.4 Å². The molecule has 1 nitrogen and oxygen atoms in total. The van der Waals surface area contributed by atoms with E-state index in [9.17, 15) is 0 Å². The van der Waals surface area contributed by atoms with Crippen LogP contribution in [0.15, 0.2) is 54.6 Å². The van der Waals surface area contributed by atoms with E-state index < -0.39 is 0 Å². The van der Waals surface area contributed by atoms with E-state index in [1.54, 1.807) is 0 Å². The van der Waals surface area contributed by atoms with Crippen molar-refractivity contribution in [2.24, 2.45) is 0 Å². The Labute approximate surface area is 119 Å². The summed E-state index contributed by atoms with van der Waals surface area (Å²) in [4.78, 5) is 2.45. The monoisotopic (exact) mass is 271 g/mol. The molecule has 2 aromatic carbocycles. The lowest BCUT2D eigenvalue weighted by atomic mass is 9.99. The van der Waals surface area contributed by atoms with Crippen molar-refractivity contribution in [3.05, 3.63) is 71.3 Å². The number of alkyl halides is 1. The second-order valence-electron chi connectivity index (χ2n) is 5.13. The van der Waals surface area contributed by atoms with E-state index in [0.29, 0.717) is 0 Å². The maximum Gasteiger partial charge on any atom is 0.0712 e. The molecule has 0 N–H and O–H groups in total. The SMILES string of the molecule is ClC(CN1CCc2ccccc2C1)c1ccccc1. The minimum atomic E-state index is 0.0754. The first-order valence-electron chi connectivity index (χ1n) is 6.81. The molecule has 0 bridgehead atoms. The van der Waals surface area contributed by atoms with Crippen LogP contribution in [0, 0.1) is 0 Å². The zero-order chi connectivity index (χ0) is 13.1. The Kier molecular flexibility index (Phi) is 3.86. The molecule has 0 aliphatic carbocycles. The molecule has 0 saturated carbocycles. The first-order chi connectivity index (χ1) is 9.33. The van der Waals surface area contributed by atoms with Gasteiger partial charge in [-0.2, -0.15) is 0 Å². The molecule has 2 heteroatoms. The van der Waals surface area contributed by atoms with Gasteiger partial charge in [-0.15, -0.1) is 11.6 Å². The smallest absolute Gasteiger partial charge is 0.0712 e. The van der Waals surface area contributed by atoms with Gasteiger partial charge in [0.15, 0.2) is 0 Å². The van der Waals surface area contributed by atoms with Crippen LogP contribution in [0.4, 0.5) is 0 Å². The number of nitrogens with zero attached hydrogens (tertiary/aromatic N) is 1. The van der Waals surface area contributed by atoms with Gasteiger partial charge in [-0.1, -0.05) is 54.6 Å². The van der Waals surface area contributed by atoms with Gasteiger partial charge in [0.1, 0.15) is 0 Å². The van der Waals surface area contributed by atoms with Crippen LogP contribution in [-0.2, 0) is 13.0 Å². The molecule has 0 saturated heterocycles. The largest absolute Gasteiger partial charge is 0.297 e. The Morgan fingerprint density at radius 1 is 0.947 bits per heavy atom. The van der Waals surface area contributed by atoms with Gasteiger partial charge in [-0.25, -0.2) is 0 Å². The Morgan fingerprint density at radius 2 is 1.63 bits per heavy atom. The Balaban J connectivity index is 1.66. The molecule has 0 spiro atoms. The molecule has 0 fully saturated rings. The quantitative estimate of drug-likeness (QED) is 0.762. The molecule has 0 radical (unpaired) electrons. The van der Waals surface area contributed by atoms with Gasteiger partial charge in [0.05, 0.1) is 5.38 Å². The molecule has 3 rings (SSSR count). The molecular weight excluding hydrogens is 254 g/mol. The predicted molar refractivity (Wildman–Crippen MR) is 80.5 cm³/mol. The van der Waals surface area contributed by atoms with Crippen LogP contribution in [-0.4, -0.2) is 18.0 Å². The summed E-state index contributed by atoms with van der Waals surface area (Å²) in [5, 5.41) is 0.0754. The molecule has 1 atom stereocenters. The number of hydrogen-bond acceptors (Lipinski definition) is 1. The van der Waals surface area contributed by atoms with Crippen LogP contribution >= 0.6 is 11.6 Å². The van der Waals surface area contributed by atoms with Crippen LogP contribution in [0.5, 0.6) is 0 Å². The topological polar surface area (TPSA) is 3.24 Å². The third-order valence-corrected chi connectivity index (χ3v) is 4.18. The summed E-state index contributed by atoms with van der Waals surface area (Å²) in [6, 6.07) is 19.1. The summed E-state index contributed by atoms with van der Waals surface area (Å²) >= 11 is 6.52. The molecule has 0 amide bonds. The number of halogens is 1. The van der Waals surface area contributed by atoms with Crippen molar-refractivity contribution < 1.29 is 0 Å². The van der Waals surface area contributed by atoms with Crippen molar-refractivity contribution in [2.75, 3.05) is 13.1 Å². The maximum absolute atomic E-state index is 6.52. The van der Waals surface area contributed by atoms with E-state index in [4.69, 9.17) is 11.6 Å². The number of hydrogen-bond donors (Lipinski definition) is 0. The molecule has 1 heterocycles. The van der Waals surface area contributed by atoms with Gasteiger partial charge in [0.2, 0.25) is 0 Å². The molecule has 2 aromatic rings. The third-order valence-electron chi connectivity index (χ3n) is 3.79. The first kappa shape index (κ1) is 12.7. The molecular formula is C17H18ClN. The van der Waals surface area contributed by atoms with Gasteiger partial charge >= 0.3 is 0 Å². The van der Waals surface area contributed by atoms with Gasteiger partial charge in [0.25, 0.3) is 0 Å². The fourth-order valence-corrected chi connectivity index (χ4v) is 3.04. The summed E-state index contributed by atoms with van der Waals surface area (Å²) in [5.74, 6) is 0. The highest BCUT2D eigenvalue weighted by molar-refractivity contribution is 6.21. The van der Waals surface area contributed by atoms with Crippen LogP contribution in [0.25, 0.3) is 0 Å². The summed E-state index contributed by atoms with van der Waals surface area (Å²) in [5.41, 5.74) is 4.15. The maximum atomic E-state index is 6.52. The number of rotatable bonds is 3. The van der Waals surface area contributed by atoms with Crippen molar-refractivity contribution in [3.8, 4) is 0 Å². The fraction of sp³-hybridized carbons (Fsp3) is 0.294. The molecule has 0 aromatic heterocycles.